The molecule has 0 aromatic heterocycles. The minimum atomic E-state index is -1.23. The van der Waals surface area contributed by atoms with Crippen LogP contribution in [0.5, 0.6) is 11.5 Å². The molecular formula is C42H40N4O13S2. The standard InChI is InChI=1S/C42H40N4O13S2/c1-14-8-16-23-26-24(25-18(11-49)38-35(45-21(13-60-38)40(52)53)31-28(25)27(23)29(22(14)15(2)50)37(57-3)36(31)51)17(10-48)19-12-61-39(41(54)55)46-32(19)30(26)34-33(16)43-9-20(44-34)42(56)59-7-6-58-5-4-47/h8,20-22,39,44-45,47-49,51H,4-7,9-13H2,1-3H3,(H,52,53)(H,54,55). The third kappa shape index (κ3) is 6.00. The van der Waals surface area contributed by atoms with Crippen LogP contribution in [0, 0.1) is 0 Å². The molecule has 3 heterocycles. The fourth-order valence-corrected chi connectivity index (χ4v) is 11.7. The minimum absolute atomic E-state index is 0.0278. The van der Waals surface area contributed by atoms with Gasteiger partial charge in [0, 0.05) is 54.6 Å². The summed E-state index contributed by atoms with van der Waals surface area (Å²) in [6.07, 6.45) is 1.82. The van der Waals surface area contributed by atoms with Crippen LogP contribution in [0.3, 0.4) is 0 Å². The number of hydrogen-bond donors (Lipinski definition) is 8. The highest BCUT2D eigenvalue weighted by Crippen LogP contribution is 2.60. The number of nitrogens with one attached hydrogen (secondary N) is 2. The zero-order chi connectivity index (χ0) is 43.2. The molecule has 4 aliphatic rings. The van der Waals surface area contributed by atoms with Gasteiger partial charge >= 0.3 is 17.9 Å². The highest BCUT2D eigenvalue weighted by Gasteiger charge is 2.41. The van der Waals surface area contributed by atoms with E-state index < -0.39 is 54.5 Å². The third-order valence-electron chi connectivity index (χ3n) is 11.9. The van der Waals surface area contributed by atoms with Crippen LogP contribution >= 0.6 is 23.5 Å². The number of ether oxygens (including phenoxy) is 3. The molecule has 9 rings (SSSR count). The normalized spacial score (nSPS) is 20.2. The number of carbonyl (C=O) groups is 4. The predicted octanol–water partition coefficient (Wildman–Crippen LogP) is 2.74. The molecule has 0 radical (unpaired) electrons. The number of carboxylic acids is 2. The van der Waals surface area contributed by atoms with E-state index in [1.165, 1.54) is 25.8 Å². The number of phenols is 1. The van der Waals surface area contributed by atoms with Crippen molar-refractivity contribution in [1.82, 2.24) is 0 Å². The van der Waals surface area contributed by atoms with E-state index in [-0.39, 0.29) is 78.2 Å². The van der Waals surface area contributed by atoms with Gasteiger partial charge in [0.05, 0.1) is 80.1 Å². The molecule has 4 atom stereocenters. The molecule has 1 aliphatic carbocycles. The molecule has 318 valence electrons. The lowest BCUT2D eigenvalue weighted by atomic mass is 9.78. The number of benzene rings is 5. The Labute approximate surface area is 353 Å². The molecule has 0 bridgehead atoms. The summed E-state index contributed by atoms with van der Waals surface area (Å²) in [5.74, 6) is -4.44. The molecule has 3 aliphatic heterocycles. The monoisotopic (exact) mass is 872 g/mol. The Hall–Kier alpha value is -5.44. The summed E-state index contributed by atoms with van der Waals surface area (Å²) in [6, 6.07) is -2.09. The maximum atomic E-state index is 14.0. The molecule has 0 spiro atoms. The Balaban J connectivity index is 1.54. The van der Waals surface area contributed by atoms with Crippen molar-refractivity contribution >= 4 is 108 Å². The third-order valence-corrected chi connectivity index (χ3v) is 14.2. The Morgan fingerprint density at radius 1 is 0.852 bits per heavy atom. The molecule has 0 fully saturated rings. The number of hydrogen-bond acceptors (Lipinski definition) is 17. The van der Waals surface area contributed by atoms with Crippen LogP contribution < -0.4 is 26.1 Å². The van der Waals surface area contributed by atoms with E-state index in [0.29, 0.717) is 87.0 Å². The van der Waals surface area contributed by atoms with E-state index in [9.17, 15) is 44.7 Å². The lowest BCUT2D eigenvalue weighted by molar-refractivity contribution is -0.146. The van der Waals surface area contributed by atoms with E-state index in [0.717, 1.165) is 11.8 Å². The van der Waals surface area contributed by atoms with Gasteiger partial charge in [-0.05, 0) is 41.1 Å². The number of phenolic OH excluding ortho intramolecular Hbond substituents is 1. The van der Waals surface area contributed by atoms with Crippen molar-refractivity contribution in [3.8, 4) is 11.5 Å². The van der Waals surface area contributed by atoms with Crippen LogP contribution in [0.2, 0.25) is 0 Å². The molecule has 5 aromatic rings. The van der Waals surface area contributed by atoms with Crippen molar-refractivity contribution in [1.29, 1.82) is 0 Å². The number of thioether (sulfide) groups is 2. The summed E-state index contributed by atoms with van der Waals surface area (Å²) in [4.78, 5) is 62.9. The number of methoxy groups -OCH3 is 1. The molecule has 19 heteroatoms. The average Bonchev–Trinajstić information content (AvgIpc) is 3.38. The van der Waals surface area contributed by atoms with Crippen molar-refractivity contribution in [3.05, 3.63) is 44.1 Å². The molecule has 0 saturated heterocycles. The minimum Gasteiger partial charge on any atom is -0.504 e. The lowest BCUT2D eigenvalue weighted by Crippen LogP contribution is -2.41. The van der Waals surface area contributed by atoms with Crippen LogP contribution in [-0.4, -0.2) is 118 Å². The topological polar surface area (TPSA) is 266 Å². The first kappa shape index (κ1) is 40.9. The molecule has 0 amide bonds. The number of fused-ring (bicyclic) bond motifs is 8. The van der Waals surface area contributed by atoms with Crippen LogP contribution in [0.25, 0.3) is 49.2 Å². The zero-order valence-corrected chi connectivity index (χ0v) is 34.6. The van der Waals surface area contributed by atoms with Gasteiger partial charge in [0.2, 0.25) is 0 Å². The van der Waals surface area contributed by atoms with Crippen LogP contribution in [0.15, 0.2) is 20.5 Å². The molecule has 4 unspecified atom stereocenters. The first-order chi connectivity index (χ1) is 29.4. The number of aromatic hydroxyl groups is 1. The summed E-state index contributed by atoms with van der Waals surface area (Å²) in [5, 5.41) is 74.0. The van der Waals surface area contributed by atoms with Crippen LogP contribution in [-0.2, 0) is 47.6 Å². The maximum Gasteiger partial charge on any atom is 0.338 e. The number of aliphatic hydroxyl groups excluding tert-OH is 3. The van der Waals surface area contributed by atoms with Crippen molar-refractivity contribution < 1.29 is 64.0 Å². The van der Waals surface area contributed by atoms with Gasteiger partial charge in [-0.1, -0.05) is 11.6 Å². The van der Waals surface area contributed by atoms with E-state index in [4.69, 9.17) is 29.3 Å². The fourth-order valence-electron chi connectivity index (χ4n) is 9.54. The summed E-state index contributed by atoms with van der Waals surface area (Å²) < 4.78 is 16.8. The van der Waals surface area contributed by atoms with Crippen molar-refractivity contribution in [2.24, 2.45) is 9.98 Å². The zero-order valence-electron chi connectivity index (χ0n) is 33.0. The number of esters is 1. The van der Waals surface area contributed by atoms with Gasteiger partial charge in [0.25, 0.3) is 0 Å². The first-order valence-corrected chi connectivity index (χ1v) is 21.5. The second-order valence-electron chi connectivity index (χ2n) is 15.2. The number of nitrogens with zero attached hydrogens (tertiary/aromatic N) is 2. The van der Waals surface area contributed by atoms with Crippen LogP contribution in [0.1, 0.15) is 47.6 Å². The van der Waals surface area contributed by atoms with Gasteiger partial charge in [0.15, 0.2) is 16.9 Å². The number of aliphatic hydroxyl groups is 3. The van der Waals surface area contributed by atoms with Gasteiger partial charge in [-0.25, -0.2) is 14.4 Å². The highest BCUT2D eigenvalue weighted by molar-refractivity contribution is 8.00. The largest absolute Gasteiger partial charge is 0.504 e. The summed E-state index contributed by atoms with van der Waals surface area (Å²) in [7, 11) is 1.36. The Bertz CT molecular complexity index is 2950. The number of ketones is 1. The average molecular weight is 873 g/mol. The molecule has 61 heavy (non-hydrogen) atoms. The van der Waals surface area contributed by atoms with Gasteiger partial charge in [-0.15, -0.1) is 23.5 Å². The SMILES string of the molecule is COc1c(O)c2c3c(c(CO)c4c5c(CO)c6c(c7c8c(c9c(c(c1C(C(C)=O)C(C)=C9)c24)c75)=NCC(C(=O)OCCOCCO)N8)=NC(C(=O)O)SC6)SCC(C(=O)O)N3. The molecule has 0 saturated carbocycles. The van der Waals surface area contributed by atoms with E-state index >= 15 is 0 Å². The van der Waals surface area contributed by atoms with Crippen LogP contribution in [0.4, 0.5) is 11.4 Å². The smallest absolute Gasteiger partial charge is 0.338 e. The maximum absolute atomic E-state index is 14.0. The number of carbonyl (C=O) groups excluding carboxylic acids is 2. The second kappa shape index (κ2) is 15.5. The summed E-state index contributed by atoms with van der Waals surface area (Å²) >= 11 is 2.24. The summed E-state index contributed by atoms with van der Waals surface area (Å²) in [5.41, 5.74) is 3.25. The number of rotatable bonds is 12. The Morgan fingerprint density at radius 3 is 2.25 bits per heavy atom. The van der Waals surface area contributed by atoms with E-state index in [1.54, 1.807) is 6.92 Å². The van der Waals surface area contributed by atoms with Crippen molar-refractivity contribution in [2.45, 2.75) is 61.1 Å². The number of aliphatic carboxylic acids is 2. The van der Waals surface area contributed by atoms with Crippen molar-refractivity contribution in [2.75, 3.05) is 56.5 Å². The van der Waals surface area contributed by atoms with Crippen molar-refractivity contribution in [3.63, 3.8) is 0 Å². The van der Waals surface area contributed by atoms with Gasteiger partial charge in [0.1, 0.15) is 24.5 Å². The summed E-state index contributed by atoms with van der Waals surface area (Å²) in [6.45, 7) is 1.83. The second-order valence-corrected chi connectivity index (χ2v) is 17.3. The van der Waals surface area contributed by atoms with Gasteiger partial charge in [-0.2, -0.15) is 0 Å². The molecule has 5 aromatic carbocycles. The van der Waals surface area contributed by atoms with Gasteiger partial charge in [-0.3, -0.25) is 14.8 Å². The predicted molar refractivity (Wildman–Crippen MR) is 227 cm³/mol. The lowest BCUT2D eigenvalue weighted by Gasteiger charge is -2.33. The first-order valence-electron chi connectivity index (χ1n) is 19.4. The number of carboxylic acid groups (broad SMARTS) is 2. The molecule has 17 nitrogen and oxygen atoms in total. The van der Waals surface area contributed by atoms with Gasteiger partial charge < -0.3 is 55.5 Å². The molecular weight excluding hydrogens is 833 g/mol. The number of allylic oxidation sites excluding steroid dienone is 1. The Kier molecular flexibility index (Phi) is 10.4. The van der Waals surface area contributed by atoms with E-state index in [1.807, 2.05) is 6.08 Å². The highest BCUT2D eigenvalue weighted by atomic mass is 32.2. The molecule has 8 N–H and O–H groups in total. The van der Waals surface area contributed by atoms with E-state index in [2.05, 4.69) is 10.6 Å². The fraction of sp³-hybridized carbons (Fsp3) is 0.381. The quantitative estimate of drug-likeness (QED) is 0.0388. The Morgan fingerprint density at radius 2 is 1.57 bits per heavy atom. The number of Topliss-reactive ketones (excluding diaryl/α,β-unsaturated/α-hetero) is 1. The number of anilines is 2.